The second kappa shape index (κ2) is 4.76. The predicted molar refractivity (Wildman–Crippen MR) is 63.1 cm³/mol. The van der Waals surface area contributed by atoms with Crippen LogP contribution < -0.4 is 5.32 Å². The zero-order valence-electron chi connectivity index (χ0n) is 8.67. The van der Waals surface area contributed by atoms with Gasteiger partial charge >= 0.3 is 5.69 Å². The normalized spacial score (nSPS) is 19.6. The van der Waals surface area contributed by atoms with Gasteiger partial charge in [0, 0.05) is 6.04 Å². The molecular formula is C10H9Cl2FN2O2. The fourth-order valence-electron chi connectivity index (χ4n) is 1.97. The first kappa shape index (κ1) is 12.5. The number of hydrogen-bond acceptors (Lipinski definition) is 3. The average molecular weight is 279 g/mol. The molecule has 92 valence electrons. The number of halogens is 3. The molecule has 1 N–H and O–H groups in total. The highest BCUT2D eigenvalue weighted by atomic mass is 35.5. The van der Waals surface area contributed by atoms with Crippen LogP contribution in [0.25, 0.3) is 0 Å². The zero-order chi connectivity index (χ0) is 12.6. The average Bonchev–Trinajstić information content (AvgIpc) is 2.76. The molecule has 0 bridgehead atoms. The first-order valence-electron chi connectivity index (χ1n) is 5.07. The maximum Gasteiger partial charge on any atom is 0.309 e. The van der Waals surface area contributed by atoms with E-state index in [9.17, 15) is 14.5 Å². The number of nitrogens with one attached hydrogen (secondary N) is 1. The van der Waals surface area contributed by atoms with Crippen molar-refractivity contribution in [2.75, 3.05) is 6.54 Å². The Bertz CT molecular complexity index is 476. The Morgan fingerprint density at radius 1 is 1.47 bits per heavy atom. The van der Waals surface area contributed by atoms with Crippen LogP contribution in [0, 0.1) is 15.9 Å². The van der Waals surface area contributed by atoms with Gasteiger partial charge in [0.25, 0.3) is 0 Å². The van der Waals surface area contributed by atoms with Crippen LogP contribution in [0.4, 0.5) is 10.1 Å². The van der Waals surface area contributed by atoms with Crippen LogP contribution in [0.5, 0.6) is 0 Å². The van der Waals surface area contributed by atoms with E-state index in [2.05, 4.69) is 5.32 Å². The van der Waals surface area contributed by atoms with E-state index in [1.165, 1.54) is 6.07 Å². The molecule has 0 aromatic heterocycles. The Morgan fingerprint density at radius 2 is 2.18 bits per heavy atom. The van der Waals surface area contributed by atoms with Crippen LogP contribution in [-0.4, -0.2) is 11.5 Å². The lowest BCUT2D eigenvalue weighted by Crippen LogP contribution is -2.14. The minimum absolute atomic E-state index is 0.0826. The maximum absolute atomic E-state index is 13.5. The molecule has 4 nitrogen and oxygen atoms in total. The highest BCUT2D eigenvalue weighted by Crippen LogP contribution is 2.41. The highest BCUT2D eigenvalue weighted by molar-refractivity contribution is 6.38. The molecule has 1 saturated heterocycles. The summed E-state index contributed by atoms with van der Waals surface area (Å²) in [5, 5.41) is 13.3. The Kier molecular flexibility index (Phi) is 3.51. The second-order valence-corrected chi connectivity index (χ2v) is 4.59. The third kappa shape index (κ3) is 2.22. The fourth-order valence-corrected chi connectivity index (χ4v) is 2.59. The minimum atomic E-state index is -0.813. The number of nitro benzene ring substituents is 1. The minimum Gasteiger partial charge on any atom is -0.310 e. The van der Waals surface area contributed by atoms with Crippen LogP contribution in [0.15, 0.2) is 6.07 Å². The Morgan fingerprint density at radius 3 is 2.71 bits per heavy atom. The van der Waals surface area contributed by atoms with Crippen LogP contribution >= 0.6 is 23.2 Å². The van der Waals surface area contributed by atoms with Crippen molar-refractivity contribution in [3.8, 4) is 0 Å². The van der Waals surface area contributed by atoms with Crippen molar-refractivity contribution in [1.82, 2.24) is 5.32 Å². The molecule has 1 heterocycles. The molecule has 0 radical (unpaired) electrons. The molecule has 1 atom stereocenters. The van der Waals surface area contributed by atoms with E-state index >= 15 is 0 Å². The quantitative estimate of drug-likeness (QED) is 0.512. The Balaban J connectivity index is 2.57. The van der Waals surface area contributed by atoms with E-state index in [1.54, 1.807) is 0 Å². The third-order valence-corrected chi connectivity index (χ3v) is 3.54. The summed E-state index contributed by atoms with van der Waals surface area (Å²) in [6.07, 6.45) is 1.71. The van der Waals surface area contributed by atoms with Crippen LogP contribution in [0.3, 0.4) is 0 Å². The lowest BCUT2D eigenvalue weighted by Gasteiger charge is -2.13. The molecular weight excluding hydrogens is 270 g/mol. The van der Waals surface area contributed by atoms with Gasteiger partial charge in [0.2, 0.25) is 0 Å². The summed E-state index contributed by atoms with van der Waals surface area (Å²) >= 11 is 11.5. The SMILES string of the molecule is O=[N+]([O-])c1c(Cl)c(F)cc([C@@H]2CCCN2)c1Cl. The third-order valence-electron chi connectivity index (χ3n) is 2.78. The van der Waals surface area contributed by atoms with Gasteiger partial charge in [-0.15, -0.1) is 0 Å². The van der Waals surface area contributed by atoms with Gasteiger partial charge in [0.15, 0.2) is 5.02 Å². The van der Waals surface area contributed by atoms with Crippen LogP contribution in [0.2, 0.25) is 10.0 Å². The van der Waals surface area contributed by atoms with E-state index in [4.69, 9.17) is 23.2 Å². The maximum atomic E-state index is 13.5. The largest absolute Gasteiger partial charge is 0.310 e. The zero-order valence-corrected chi connectivity index (χ0v) is 10.2. The smallest absolute Gasteiger partial charge is 0.309 e. The monoisotopic (exact) mass is 278 g/mol. The molecule has 1 aromatic rings. The molecule has 0 unspecified atom stereocenters. The number of rotatable bonds is 2. The summed E-state index contributed by atoms with van der Waals surface area (Å²) in [4.78, 5) is 10.1. The molecule has 0 spiro atoms. The van der Waals surface area contributed by atoms with Gasteiger partial charge < -0.3 is 5.32 Å². The van der Waals surface area contributed by atoms with E-state index in [1.807, 2.05) is 0 Å². The number of nitro groups is 1. The lowest BCUT2D eigenvalue weighted by atomic mass is 10.0. The summed E-state index contributed by atoms with van der Waals surface area (Å²) in [7, 11) is 0. The first-order valence-corrected chi connectivity index (χ1v) is 5.83. The van der Waals surface area contributed by atoms with Gasteiger partial charge in [-0.05, 0) is 31.0 Å². The molecule has 1 aliphatic heterocycles. The van der Waals surface area contributed by atoms with E-state index < -0.39 is 21.5 Å². The first-order chi connectivity index (χ1) is 8.02. The van der Waals surface area contributed by atoms with Gasteiger partial charge in [-0.2, -0.15) is 0 Å². The Labute approximate surface area is 107 Å². The van der Waals surface area contributed by atoms with Gasteiger partial charge in [-0.25, -0.2) is 4.39 Å². The molecule has 1 fully saturated rings. The molecule has 17 heavy (non-hydrogen) atoms. The molecule has 1 aromatic carbocycles. The molecule has 1 aliphatic rings. The predicted octanol–water partition coefficient (Wildman–Crippen LogP) is 3.47. The molecule has 7 heteroatoms. The van der Waals surface area contributed by atoms with Crippen molar-refractivity contribution >= 4 is 28.9 Å². The molecule has 0 amide bonds. The fraction of sp³-hybridized carbons (Fsp3) is 0.400. The van der Waals surface area contributed by atoms with E-state index in [-0.39, 0.29) is 11.1 Å². The topological polar surface area (TPSA) is 55.2 Å². The summed E-state index contributed by atoms with van der Waals surface area (Å²) in [6.45, 7) is 0.791. The Hall–Kier alpha value is -0.910. The van der Waals surface area contributed by atoms with Crippen molar-refractivity contribution in [2.24, 2.45) is 0 Å². The van der Waals surface area contributed by atoms with Crippen molar-refractivity contribution < 1.29 is 9.31 Å². The van der Waals surface area contributed by atoms with Crippen molar-refractivity contribution in [2.45, 2.75) is 18.9 Å². The standard InChI is InChI=1S/C10H9Cl2FN2O2/c11-8-5(7-2-1-3-14-7)4-6(13)9(12)10(8)15(16)17/h4,7,14H,1-3H2/t7-/m0/s1. The number of nitrogens with zero attached hydrogens (tertiary/aromatic N) is 1. The van der Waals surface area contributed by atoms with Crippen molar-refractivity contribution in [3.63, 3.8) is 0 Å². The van der Waals surface area contributed by atoms with Gasteiger partial charge in [-0.1, -0.05) is 23.2 Å². The highest BCUT2D eigenvalue weighted by Gasteiger charge is 2.29. The second-order valence-electron chi connectivity index (χ2n) is 3.83. The van der Waals surface area contributed by atoms with E-state index in [0.717, 1.165) is 19.4 Å². The summed E-state index contributed by atoms with van der Waals surface area (Å²) in [5.41, 5.74) is -0.158. The van der Waals surface area contributed by atoms with Gasteiger partial charge in [-0.3, -0.25) is 10.1 Å². The van der Waals surface area contributed by atoms with Crippen LogP contribution in [0.1, 0.15) is 24.4 Å². The van der Waals surface area contributed by atoms with Gasteiger partial charge in [0.1, 0.15) is 10.8 Å². The van der Waals surface area contributed by atoms with Gasteiger partial charge in [0.05, 0.1) is 4.92 Å². The van der Waals surface area contributed by atoms with Crippen molar-refractivity contribution in [1.29, 1.82) is 0 Å². The summed E-state index contributed by atoms with van der Waals surface area (Å²) in [6, 6.07) is 1.02. The number of hydrogen-bond donors (Lipinski definition) is 1. The summed E-state index contributed by atoms with van der Waals surface area (Å²) in [5.74, 6) is -0.813. The molecule has 0 saturated carbocycles. The lowest BCUT2D eigenvalue weighted by molar-refractivity contribution is -0.384. The van der Waals surface area contributed by atoms with Crippen LogP contribution in [-0.2, 0) is 0 Å². The summed E-state index contributed by atoms with van der Waals surface area (Å²) < 4.78 is 13.5. The van der Waals surface area contributed by atoms with E-state index in [0.29, 0.717) is 5.56 Å². The molecule has 0 aliphatic carbocycles. The molecule has 2 rings (SSSR count). The van der Waals surface area contributed by atoms with Crippen molar-refractivity contribution in [3.05, 3.63) is 37.6 Å². The number of benzene rings is 1.